The predicted octanol–water partition coefficient (Wildman–Crippen LogP) is 8.48. The van der Waals surface area contributed by atoms with Gasteiger partial charge in [0.1, 0.15) is 60.8 Å². The van der Waals surface area contributed by atoms with Gasteiger partial charge in [-0.1, -0.05) is 36.4 Å². The van der Waals surface area contributed by atoms with E-state index in [-0.39, 0.29) is 58.4 Å². The number of carbonyl (C=O) groups excluding carboxylic acids is 2. The molecule has 8 rings (SSSR count). The molecular weight excluding hydrogens is 897 g/mol. The van der Waals surface area contributed by atoms with Gasteiger partial charge in [-0.25, -0.2) is 9.59 Å². The summed E-state index contributed by atoms with van der Waals surface area (Å²) in [6, 6.07) is 34.5. The molecule has 0 unspecified atom stereocenters. The number of anilines is 2. The summed E-state index contributed by atoms with van der Waals surface area (Å²) in [6.07, 6.45) is 3.53. The highest BCUT2D eigenvalue weighted by molar-refractivity contribution is 6.13. The minimum Gasteiger partial charge on any atom is -0.491 e. The largest absolute Gasteiger partial charge is 0.491 e. The van der Waals surface area contributed by atoms with Gasteiger partial charge in [-0.15, -0.1) is 0 Å². The van der Waals surface area contributed by atoms with E-state index in [1.54, 1.807) is 47.2 Å². The number of pyridine rings is 2. The SMILES string of the molecule is Cc1c(OCc2cccc(OCCOCCOCCOc3cccc(COc4c(C)c(C(=O)c5ccc(N)c(C(=O)O)c5)n5ccccc45)c3)c2)c2ccccn2c1C(=O)c1ccc(N)c(C(=O)O)c1. The van der Waals surface area contributed by atoms with E-state index < -0.39 is 11.9 Å². The molecule has 0 saturated carbocycles. The van der Waals surface area contributed by atoms with Crippen molar-refractivity contribution in [1.82, 2.24) is 8.80 Å². The zero-order valence-electron chi connectivity index (χ0n) is 38.4. The van der Waals surface area contributed by atoms with E-state index in [0.717, 1.165) is 11.1 Å². The lowest BCUT2D eigenvalue weighted by molar-refractivity contribution is 0.0273. The number of benzene rings is 4. The van der Waals surface area contributed by atoms with E-state index in [1.807, 2.05) is 72.8 Å². The minimum atomic E-state index is -1.21. The molecule has 0 aliphatic carbocycles. The molecule has 8 aromatic rings. The van der Waals surface area contributed by atoms with Crippen LogP contribution in [0, 0.1) is 13.8 Å². The second-order valence-electron chi connectivity index (χ2n) is 16.2. The lowest BCUT2D eigenvalue weighted by Gasteiger charge is -2.11. The molecule has 70 heavy (non-hydrogen) atoms. The average Bonchev–Trinajstić information content (AvgIpc) is 3.81. The first-order valence-corrected chi connectivity index (χ1v) is 22.3. The number of rotatable bonds is 23. The van der Waals surface area contributed by atoms with E-state index in [4.69, 9.17) is 39.9 Å². The van der Waals surface area contributed by atoms with Crippen LogP contribution in [0.15, 0.2) is 134 Å². The molecule has 0 aliphatic rings. The first kappa shape index (κ1) is 47.9. The van der Waals surface area contributed by atoms with Gasteiger partial charge in [0.05, 0.1) is 48.6 Å². The number of ketones is 2. The number of fused-ring (bicyclic) bond motifs is 2. The maximum absolute atomic E-state index is 13.8. The van der Waals surface area contributed by atoms with Gasteiger partial charge in [0.2, 0.25) is 11.6 Å². The monoisotopic (exact) mass is 946 g/mol. The van der Waals surface area contributed by atoms with Crippen molar-refractivity contribution in [2.45, 2.75) is 27.1 Å². The average molecular weight is 947 g/mol. The first-order chi connectivity index (χ1) is 33.9. The van der Waals surface area contributed by atoms with Crippen LogP contribution in [-0.4, -0.2) is 82.2 Å². The van der Waals surface area contributed by atoms with Crippen molar-refractivity contribution in [3.05, 3.63) is 190 Å². The van der Waals surface area contributed by atoms with Gasteiger partial charge < -0.3 is 58.9 Å². The van der Waals surface area contributed by atoms with Gasteiger partial charge in [-0.2, -0.15) is 0 Å². The maximum Gasteiger partial charge on any atom is 0.337 e. The van der Waals surface area contributed by atoms with Gasteiger partial charge in [0.25, 0.3) is 0 Å². The molecule has 358 valence electrons. The first-order valence-electron chi connectivity index (χ1n) is 22.3. The molecule has 0 spiro atoms. The zero-order chi connectivity index (χ0) is 49.3. The molecule has 0 bridgehead atoms. The Morgan fingerprint density at radius 3 is 1.31 bits per heavy atom. The van der Waals surface area contributed by atoms with Crippen LogP contribution in [0.4, 0.5) is 11.4 Å². The summed E-state index contributed by atoms with van der Waals surface area (Å²) < 4.78 is 39.4. The highest BCUT2D eigenvalue weighted by atomic mass is 16.6. The topological polar surface area (TPSA) is 225 Å². The smallest absolute Gasteiger partial charge is 0.337 e. The van der Waals surface area contributed by atoms with Crippen molar-refractivity contribution >= 4 is 45.9 Å². The number of hydrogen-bond donors (Lipinski definition) is 4. The van der Waals surface area contributed by atoms with Crippen LogP contribution in [0.3, 0.4) is 0 Å². The molecule has 0 saturated heterocycles. The van der Waals surface area contributed by atoms with Crippen LogP contribution < -0.4 is 30.4 Å². The van der Waals surface area contributed by atoms with Gasteiger partial charge in [-0.05, 0) is 110 Å². The number of aromatic nitrogens is 2. The van der Waals surface area contributed by atoms with Gasteiger partial charge in [0.15, 0.2) is 0 Å². The fraction of sp³-hybridized carbons (Fsp3) is 0.185. The Labute approximate surface area is 402 Å². The zero-order valence-corrected chi connectivity index (χ0v) is 38.4. The van der Waals surface area contributed by atoms with Crippen molar-refractivity contribution in [2.75, 3.05) is 51.1 Å². The Bertz CT molecular complexity index is 3030. The lowest BCUT2D eigenvalue weighted by atomic mass is 10.0. The molecule has 4 aromatic heterocycles. The standard InChI is InChI=1S/C54H50N4O12/c1-33-47(49(59)37-15-17-43(55)41(29-37)53(61)62)57-19-5-3-13-45(57)51(33)69-31-35-9-7-11-39(27-35)67-25-23-65-21-22-66-24-26-68-40-12-8-10-36(28-40)32-70-52-34(2)48(58-20-6-4-14-46(52)58)50(60)38-16-18-44(56)42(30-38)54(63)64/h3-20,27-30H,21-26,31-32,55-56H2,1-2H3,(H,61,62)(H,63,64). The number of hydrogen-bond acceptors (Lipinski definition) is 12. The number of nitrogens with two attached hydrogens (primary N) is 2. The summed E-state index contributed by atoms with van der Waals surface area (Å²) in [5, 5.41) is 19.1. The van der Waals surface area contributed by atoms with Crippen LogP contribution in [0.2, 0.25) is 0 Å². The molecule has 0 fully saturated rings. The van der Waals surface area contributed by atoms with Crippen molar-refractivity contribution < 1.29 is 57.8 Å². The fourth-order valence-electron chi connectivity index (χ4n) is 8.09. The second kappa shape index (κ2) is 21.6. The molecule has 4 aromatic carbocycles. The third-order valence-corrected chi connectivity index (χ3v) is 11.5. The number of ether oxygens (including phenoxy) is 6. The number of carboxylic acid groups (broad SMARTS) is 2. The molecule has 4 heterocycles. The predicted molar refractivity (Wildman–Crippen MR) is 261 cm³/mol. The van der Waals surface area contributed by atoms with E-state index >= 15 is 0 Å². The van der Waals surface area contributed by atoms with Crippen LogP contribution in [0.1, 0.15) is 75.1 Å². The van der Waals surface area contributed by atoms with Gasteiger partial charge in [0, 0.05) is 46.0 Å². The molecule has 6 N–H and O–H groups in total. The Hall–Kier alpha value is -8.60. The summed E-state index contributed by atoms with van der Waals surface area (Å²) in [7, 11) is 0. The van der Waals surface area contributed by atoms with Crippen LogP contribution >= 0.6 is 0 Å². The number of aromatic carboxylic acids is 2. The highest BCUT2D eigenvalue weighted by Crippen LogP contribution is 2.35. The van der Waals surface area contributed by atoms with Crippen LogP contribution in [0.5, 0.6) is 23.0 Å². The second-order valence-corrected chi connectivity index (χ2v) is 16.2. The number of carbonyl (C=O) groups is 4. The van der Waals surface area contributed by atoms with E-state index in [1.165, 1.54) is 36.4 Å². The highest BCUT2D eigenvalue weighted by Gasteiger charge is 2.26. The summed E-state index contributed by atoms with van der Waals surface area (Å²) >= 11 is 0. The molecule has 0 radical (unpaired) electrons. The normalized spacial score (nSPS) is 11.2. The van der Waals surface area contributed by atoms with E-state index in [2.05, 4.69) is 0 Å². The lowest BCUT2D eigenvalue weighted by Crippen LogP contribution is -2.13. The summed E-state index contributed by atoms with van der Waals surface area (Å²) in [4.78, 5) is 50.9. The molecular formula is C54H50N4O12. The number of nitrogen functional groups attached to an aromatic ring is 2. The van der Waals surface area contributed by atoms with E-state index in [9.17, 15) is 29.4 Å². The van der Waals surface area contributed by atoms with Gasteiger partial charge in [-0.3, -0.25) is 9.59 Å². The molecule has 16 heteroatoms. The quantitative estimate of drug-likeness (QED) is 0.0268. The maximum atomic E-state index is 13.8. The van der Waals surface area contributed by atoms with Crippen molar-refractivity contribution in [2.24, 2.45) is 0 Å². The Morgan fingerprint density at radius 2 is 0.900 bits per heavy atom. The summed E-state index contributed by atoms with van der Waals surface area (Å²) in [6.45, 7) is 6.05. The minimum absolute atomic E-state index is 0.0743. The Kier molecular flexibility index (Phi) is 14.8. The molecule has 0 atom stereocenters. The molecule has 16 nitrogen and oxygen atoms in total. The van der Waals surface area contributed by atoms with Crippen molar-refractivity contribution in [3.8, 4) is 23.0 Å². The summed E-state index contributed by atoms with van der Waals surface area (Å²) in [5.74, 6) is -0.796. The number of carboxylic acids is 2. The van der Waals surface area contributed by atoms with Crippen molar-refractivity contribution in [3.63, 3.8) is 0 Å². The van der Waals surface area contributed by atoms with Crippen LogP contribution in [-0.2, 0) is 22.7 Å². The fourth-order valence-corrected chi connectivity index (χ4v) is 8.09. The Balaban J connectivity index is 0.756. The molecule has 0 amide bonds. The number of nitrogens with zero attached hydrogens (tertiary/aromatic N) is 2. The summed E-state index contributed by atoms with van der Waals surface area (Å²) in [5.41, 5.74) is 17.0. The van der Waals surface area contributed by atoms with Crippen molar-refractivity contribution in [1.29, 1.82) is 0 Å². The Morgan fingerprint density at radius 1 is 0.486 bits per heavy atom. The third-order valence-electron chi connectivity index (χ3n) is 11.5. The third kappa shape index (κ3) is 10.6. The van der Waals surface area contributed by atoms with E-state index in [0.29, 0.717) is 96.2 Å². The molecule has 0 aliphatic heterocycles. The van der Waals surface area contributed by atoms with Crippen LogP contribution in [0.25, 0.3) is 11.0 Å². The van der Waals surface area contributed by atoms with Gasteiger partial charge >= 0.3 is 11.9 Å².